The SMILES string of the molecule is CC(N)CCC(=O)NC(C)c1ccccc1NS(C)(=O)=O.Cl. The number of para-hydroxylation sites is 1. The summed E-state index contributed by atoms with van der Waals surface area (Å²) >= 11 is 0. The van der Waals surface area contributed by atoms with Gasteiger partial charge < -0.3 is 11.1 Å². The first kappa shape index (κ1) is 20.7. The van der Waals surface area contributed by atoms with Crippen molar-refractivity contribution in [2.24, 2.45) is 5.73 Å². The van der Waals surface area contributed by atoms with Crippen LogP contribution in [0.15, 0.2) is 24.3 Å². The summed E-state index contributed by atoms with van der Waals surface area (Å²) in [6, 6.07) is 6.67. The number of halogens is 1. The fourth-order valence-electron chi connectivity index (χ4n) is 1.92. The van der Waals surface area contributed by atoms with E-state index in [1.54, 1.807) is 24.3 Å². The number of carbonyl (C=O) groups excluding carboxylic acids is 1. The lowest BCUT2D eigenvalue weighted by Crippen LogP contribution is -2.29. The Morgan fingerprint density at radius 2 is 1.86 bits per heavy atom. The number of nitrogens with two attached hydrogens (primary N) is 1. The second-order valence-corrected chi connectivity index (χ2v) is 7.02. The molecular weight excluding hydrogens is 326 g/mol. The molecule has 0 aliphatic carbocycles. The highest BCUT2D eigenvalue weighted by Crippen LogP contribution is 2.23. The zero-order valence-corrected chi connectivity index (χ0v) is 14.6. The molecule has 1 rings (SSSR count). The highest BCUT2D eigenvalue weighted by Gasteiger charge is 2.15. The van der Waals surface area contributed by atoms with E-state index in [1.807, 2.05) is 13.8 Å². The molecule has 0 fully saturated rings. The van der Waals surface area contributed by atoms with Gasteiger partial charge in [0.05, 0.1) is 18.0 Å². The van der Waals surface area contributed by atoms with Gasteiger partial charge in [-0.3, -0.25) is 9.52 Å². The van der Waals surface area contributed by atoms with E-state index < -0.39 is 10.0 Å². The Morgan fingerprint density at radius 1 is 1.27 bits per heavy atom. The van der Waals surface area contributed by atoms with Gasteiger partial charge in [-0.25, -0.2) is 8.42 Å². The van der Waals surface area contributed by atoms with Crippen LogP contribution in [0.5, 0.6) is 0 Å². The van der Waals surface area contributed by atoms with E-state index in [0.29, 0.717) is 18.5 Å². The molecule has 2 atom stereocenters. The molecule has 0 aromatic heterocycles. The molecule has 22 heavy (non-hydrogen) atoms. The van der Waals surface area contributed by atoms with E-state index >= 15 is 0 Å². The monoisotopic (exact) mass is 349 g/mol. The van der Waals surface area contributed by atoms with Crippen molar-refractivity contribution in [1.29, 1.82) is 0 Å². The van der Waals surface area contributed by atoms with Gasteiger partial charge in [0.15, 0.2) is 0 Å². The average Bonchev–Trinajstić information content (AvgIpc) is 2.35. The first-order chi connectivity index (χ1) is 9.69. The van der Waals surface area contributed by atoms with E-state index in [9.17, 15) is 13.2 Å². The van der Waals surface area contributed by atoms with Crippen molar-refractivity contribution in [2.75, 3.05) is 11.0 Å². The minimum Gasteiger partial charge on any atom is -0.350 e. The third-order valence-corrected chi connectivity index (χ3v) is 3.52. The molecule has 2 unspecified atom stereocenters. The van der Waals surface area contributed by atoms with Crippen molar-refractivity contribution in [3.8, 4) is 0 Å². The summed E-state index contributed by atoms with van der Waals surface area (Å²) < 4.78 is 25.2. The van der Waals surface area contributed by atoms with Crippen LogP contribution in [0, 0.1) is 0 Å². The van der Waals surface area contributed by atoms with Gasteiger partial charge >= 0.3 is 0 Å². The van der Waals surface area contributed by atoms with Gasteiger partial charge in [0.1, 0.15) is 0 Å². The highest BCUT2D eigenvalue weighted by molar-refractivity contribution is 7.92. The maximum absolute atomic E-state index is 11.8. The zero-order valence-electron chi connectivity index (χ0n) is 13.0. The van der Waals surface area contributed by atoms with Crippen molar-refractivity contribution >= 4 is 34.0 Å². The second kappa shape index (κ2) is 8.97. The van der Waals surface area contributed by atoms with Crippen molar-refractivity contribution < 1.29 is 13.2 Å². The quantitative estimate of drug-likeness (QED) is 0.698. The van der Waals surface area contributed by atoms with Crippen LogP contribution >= 0.6 is 12.4 Å². The number of amides is 1. The minimum absolute atomic E-state index is 0. The van der Waals surface area contributed by atoms with Crippen LogP contribution in [0.3, 0.4) is 0 Å². The largest absolute Gasteiger partial charge is 0.350 e. The molecular formula is C14H24ClN3O3S. The Bertz CT molecular complexity index is 591. The average molecular weight is 350 g/mol. The van der Waals surface area contributed by atoms with Gasteiger partial charge in [0.2, 0.25) is 15.9 Å². The standard InChI is InChI=1S/C14H23N3O3S.ClH/c1-10(15)8-9-14(18)16-11(2)12-6-4-5-7-13(12)17-21(3,19)20;/h4-7,10-11,17H,8-9,15H2,1-3H3,(H,16,18);1H. The maximum Gasteiger partial charge on any atom is 0.229 e. The summed E-state index contributed by atoms with van der Waals surface area (Å²) in [5.74, 6) is -0.103. The van der Waals surface area contributed by atoms with E-state index in [0.717, 1.165) is 11.8 Å². The smallest absolute Gasteiger partial charge is 0.229 e. The summed E-state index contributed by atoms with van der Waals surface area (Å²) in [5.41, 5.74) is 6.81. The third kappa shape index (κ3) is 7.63. The predicted octanol–water partition coefficient (Wildman–Crippen LogP) is 1.78. The Hall–Kier alpha value is -1.31. The van der Waals surface area contributed by atoms with Crippen LogP contribution < -0.4 is 15.8 Å². The number of anilines is 1. The Morgan fingerprint density at radius 3 is 2.41 bits per heavy atom. The molecule has 4 N–H and O–H groups in total. The van der Waals surface area contributed by atoms with Gasteiger partial charge in [-0.15, -0.1) is 12.4 Å². The molecule has 1 aromatic rings. The lowest BCUT2D eigenvalue weighted by molar-refractivity contribution is -0.121. The van der Waals surface area contributed by atoms with Crippen molar-refractivity contribution in [1.82, 2.24) is 5.32 Å². The maximum atomic E-state index is 11.8. The van der Waals surface area contributed by atoms with Crippen LogP contribution in [-0.2, 0) is 14.8 Å². The Labute approximate surface area is 138 Å². The Kier molecular flexibility index (Phi) is 8.44. The number of sulfonamides is 1. The van der Waals surface area contributed by atoms with Crippen LogP contribution in [0.2, 0.25) is 0 Å². The van der Waals surface area contributed by atoms with Gasteiger partial charge in [-0.05, 0) is 31.9 Å². The molecule has 0 radical (unpaired) electrons. The Balaban J connectivity index is 0.00000441. The van der Waals surface area contributed by atoms with Crippen molar-refractivity contribution in [3.63, 3.8) is 0 Å². The summed E-state index contributed by atoms with van der Waals surface area (Å²) in [4.78, 5) is 11.8. The number of hydrogen-bond acceptors (Lipinski definition) is 4. The lowest BCUT2D eigenvalue weighted by Gasteiger charge is -2.18. The van der Waals surface area contributed by atoms with Crippen LogP contribution in [-0.4, -0.2) is 26.6 Å². The number of nitrogens with one attached hydrogen (secondary N) is 2. The van der Waals surface area contributed by atoms with Gasteiger partial charge in [0, 0.05) is 12.5 Å². The molecule has 8 heteroatoms. The normalized spacial score (nSPS) is 13.6. The molecule has 6 nitrogen and oxygen atoms in total. The molecule has 0 spiro atoms. The zero-order chi connectivity index (χ0) is 16.0. The molecule has 0 bridgehead atoms. The number of rotatable bonds is 7. The first-order valence-corrected chi connectivity index (χ1v) is 8.70. The predicted molar refractivity (Wildman–Crippen MR) is 91.6 cm³/mol. The first-order valence-electron chi connectivity index (χ1n) is 6.80. The van der Waals surface area contributed by atoms with E-state index in [2.05, 4.69) is 10.0 Å². The summed E-state index contributed by atoms with van der Waals surface area (Å²) in [6.45, 7) is 3.66. The van der Waals surface area contributed by atoms with Crippen LogP contribution in [0.25, 0.3) is 0 Å². The second-order valence-electron chi connectivity index (χ2n) is 5.27. The van der Waals surface area contributed by atoms with Crippen LogP contribution in [0.4, 0.5) is 5.69 Å². The topological polar surface area (TPSA) is 101 Å². The molecule has 0 aliphatic heterocycles. The van der Waals surface area contributed by atoms with E-state index in [1.165, 1.54) is 0 Å². The summed E-state index contributed by atoms with van der Waals surface area (Å²) in [5, 5.41) is 2.85. The van der Waals surface area contributed by atoms with Crippen molar-refractivity contribution in [2.45, 2.75) is 38.8 Å². The molecule has 0 aliphatic rings. The minimum atomic E-state index is -3.36. The van der Waals surface area contributed by atoms with E-state index in [4.69, 9.17) is 5.73 Å². The van der Waals surface area contributed by atoms with E-state index in [-0.39, 0.29) is 30.4 Å². The van der Waals surface area contributed by atoms with Crippen molar-refractivity contribution in [3.05, 3.63) is 29.8 Å². The molecule has 0 saturated carbocycles. The molecule has 1 amide bonds. The number of benzene rings is 1. The number of carbonyl (C=O) groups is 1. The van der Waals surface area contributed by atoms with Gasteiger partial charge in [0.25, 0.3) is 0 Å². The molecule has 1 aromatic carbocycles. The highest BCUT2D eigenvalue weighted by atomic mass is 35.5. The molecule has 0 saturated heterocycles. The molecule has 0 heterocycles. The van der Waals surface area contributed by atoms with Crippen LogP contribution in [0.1, 0.15) is 38.3 Å². The summed E-state index contributed by atoms with van der Waals surface area (Å²) in [7, 11) is -3.36. The lowest BCUT2D eigenvalue weighted by atomic mass is 10.1. The summed E-state index contributed by atoms with van der Waals surface area (Å²) in [6.07, 6.45) is 2.06. The van der Waals surface area contributed by atoms with Gasteiger partial charge in [-0.2, -0.15) is 0 Å². The fourth-order valence-corrected chi connectivity index (χ4v) is 2.50. The van der Waals surface area contributed by atoms with Gasteiger partial charge in [-0.1, -0.05) is 18.2 Å². The fraction of sp³-hybridized carbons (Fsp3) is 0.500. The molecule has 126 valence electrons. The third-order valence-electron chi connectivity index (χ3n) is 2.93. The number of hydrogen-bond donors (Lipinski definition) is 3.